The molecule has 7 nitrogen and oxygen atoms in total. The van der Waals surface area contributed by atoms with Gasteiger partial charge in [-0.25, -0.2) is 0 Å². The second kappa shape index (κ2) is 9.24. The van der Waals surface area contributed by atoms with Crippen LogP contribution in [0.15, 0.2) is 24.3 Å². The lowest BCUT2D eigenvalue weighted by Gasteiger charge is -2.31. The molecule has 2 saturated heterocycles. The molecule has 1 aromatic carbocycles. The van der Waals surface area contributed by atoms with Gasteiger partial charge in [-0.2, -0.15) is 0 Å². The van der Waals surface area contributed by atoms with Gasteiger partial charge in [-0.05, 0) is 30.9 Å². The Labute approximate surface area is 175 Å². The molecular formula is C21H27ClN2O5. The van der Waals surface area contributed by atoms with Crippen LogP contribution in [0.5, 0.6) is 0 Å². The first-order valence-corrected chi connectivity index (χ1v) is 10.3. The normalized spacial score (nSPS) is 24.6. The van der Waals surface area contributed by atoms with E-state index in [9.17, 15) is 19.5 Å². The van der Waals surface area contributed by atoms with Crippen LogP contribution in [0.3, 0.4) is 0 Å². The molecule has 0 aliphatic carbocycles. The molecule has 29 heavy (non-hydrogen) atoms. The predicted molar refractivity (Wildman–Crippen MR) is 107 cm³/mol. The minimum Gasteiger partial charge on any atom is -0.394 e. The first-order valence-electron chi connectivity index (χ1n) is 9.93. The summed E-state index contributed by atoms with van der Waals surface area (Å²) < 4.78 is 5.03. The summed E-state index contributed by atoms with van der Waals surface area (Å²) in [7, 11) is 1.56. The van der Waals surface area contributed by atoms with Gasteiger partial charge in [0.25, 0.3) is 0 Å². The van der Waals surface area contributed by atoms with Crippen LogP contribution in [0.4, 0.5) is 0 Å². The zero-order valence-corrected chi connectivity index (χ0v) is 17.4. The molecule has 0 aromatic heterocycles. The lowest BCUT2D eigenvalue weighted by Crippen LogP contribution is -2.45. The van der Waals surface area contributed by atoms with E-state index >= 15 is 0 Å². The Morgan fingerprint density at radius 3 is 2.79 bits per heavy atom. The number of hydrogen-bond acceptors (Lipinski definition) is 5. The van der Waals surface area contributed by atoms with Gasteiger partial charge in [0.15, 0.2) is 0 Å². The van der Waals surface area contributed by atoms with E-state index in [1.54, 1.807) is 36.3 Å². The molecule has 0 bridgehead atoms. The Bertz CT molecular complexity index is 786. The number of imide groups is 1. The maximum Gasteiger partial charge on any atom is 0.240 e. The lowest BCUT2D eigenvalue weighted by molar-refractivity contribution is -0.143. The first-order chi connectivity index (χ1) is 13.9. The van der Waals surface area contributed by atoms with Crippen molar-refractivity contribution in [2.45, 2.75) is 43.6 Å². The summed E-state index contributed by atoms with van der Waals surface area (Å²) in [6, 6.07) is 6.65. The molecule has 0 unspecified atom stereocenters. The van der Waals surface area contributed by atoms with Crippen molar-refractivity contribution < 1.29 is 24.2 Å². The van der Waals surface area contributed by atoms with Gasteiger partial charge in [-0.1, -0.05) is 29.8 Å². The van der Waals surface area contributed by atoms with Crippen LogP contribution in [-0.2, 0) is 24.5 Å². The Morgan fingerprint density at radius 1 is 1.34 bits per heavy atom. The van der Waals surface area contributed by atoms with Gasteiger partial charge in [0.05, 0.1) is 18.1 Å². The van der Waals surface area contributed by atoms with E-state index in [0.29, 0.717) is 30.2 Å². The molecule has 3 rings (SSSR count). The largest absolute Gasteiger partial charge is 0.394 e. The second-order valence-corrected chi connectivity index (χ2v) is 8.09. The Morgan fingerprint density at radius 2 is 2.10 bits per heavy atom. The molecule has 3 amide bonds. The zero-order chi connectivity index (χ0) is 21.0. The van der Waals surface area contributed by atoms with Crippen LogP contribution >= 0.6 is 11.6 Å². The highest BCUT2D eigenvalue weighted by Crippen LogP contribution is 2.43. The van der Waals surface area contributed by atoms with Crippen LogP contribution in [0.2, 0.25) is 5.02 Å². The summed E-state index contributed by atoms with van der Waals surface area (Å²) in [4.78, 5) is 42.2. The van der Waals surface area contributed by atoms with E-state index in [1.165, 1.54) is 4.90 Å². The number of ether oxygens (including phenoxy) is 1. The highest BCUT2D eigenvalue weighted by atomic mass is 35.5. The van der Waals surface area contributed by atoms with E-state index in [4.69, 9.17) is 16.3 Å². The van der Waals surface area contributed by atoms with Gasteiger partial charge in [0.2, 0.25) is 17.7 Å². The number of halogens is 1. The summed E-state index contributed by atoms with van der Waals surface area (Å²) >= 11 is 6.41. The molecule has 0 saturated carbocycles. The third kappa shape index (κ3) is 4.17. The van der Waals surface area contributed by atoms with Crippen molar-refractivity contribution in [3.63, 3.8) is 0 Å². The van der Waals surface area contributed by atoms with Gasteiger partial charge in [0, 0.05) is 44.7 Å². The quantitative estimate of drug-likeness (QED) is 0.509. The molecule has 1 aromatic rings. The molecular weight excluding hydrogens is 396 g/mol. The molecule has 2 heterocycles. The van der Waals surface area contributed by atoms with E-state index in [2.05, 4.69) is 0 Å². The molecule has 2 aliphatic rings. The summed E-state index contributed by atoms with van der Waals surface area (Å²) in [5, 5.41) is 9.93. The van der Waals surface area contributed by atoms with Gasteiger partial charge in [-0.15, -0.1) is 0 Å². The van der Waals surface area contributed by atoms with Gasteiger partial charge >= 0.3 is 0 Å². The molecule has 2 fully saturated rings. The van der Waals surface area contributed by atoms with Crippen LogP contribution in [-0.4, -0.2) is 72.1 Å². The first kappa shape index (κ1) is 21.7. The van der Waals surface area contributed by atoms with E-state index in [-0.39, 0.29) is 49.8 Å². The van der Waals surface area contributed by atoms with Gasteiger partial charge < -0.3 is 14.7 Å². The third-order valence-electron chi connectivity index (χ3n) is 5.89. The number of rotatable bonds is 8. The van der Waals surface area contributed by atoms with Crippen molar-refractivity contribution in [1.82, 2.24) is 9.80 Å². The highest BCUT2D eigenvalue weighted by molar-refractivity contribution is 6.32. The van der Waals surface area contributed by atoms with Crippen molar-refractivity contribution in [2.24, 2.45) is 0 Å². The van der Waals surface area contributed by atoms with Crippen LogP contribution < -0.4 is 0 Å². The second-order valence-electron chi connectivity index (χ2n) is 7.68. The van der Waals surface area contributed by atoms with E-state index < -0.39 is 5.41 Å². The Kier molecular flexibility index (Phi) is 6.93. The fourth-order valence-corrected chi connectivity index (χ4v) is 4.72. The number of likely N-dealkylation sites (tertiary alicyclic amines) is 2. The summed E-state index contributed by atoms with van der Waals surface area (Å²) in [6.45, 7) is 1.11. The third-order valence-corrected chi connectivity index (χ3v) is 6.22. The fraction of sp³-hybridized carbons (Fsp3) is 0.571. The minimum absolute atomic E-state index is 0.0913. The molecule has 0 spiro atoms. The SMILES string of the molecule is COCCCN1C(=O)C[C@@](CC(=O)N2CCC[C@H]2CO)(c2ccccc2Cl)C1=O. The predicted octanol–water partition coefficient (Wildman–Crippen LogP) is 1.75. The molecule has 1 N–H and O–H groups in total. The van der Waals surface area contributed by atoms with Gasteiger partial charge in [0.1, 0.15) is 0 Å². The Balaban J connectivity index is 1.94. The molecule has 0 radical (unpaired) electrons. The van der Waals surface area contributed by atoms with Crippen molar-refractivity contribution in [1.29, 1.82) is 0 Å². The minimum atomic E-state index is -1.32. The van der Waals surface area contributed by atoms with Gasteiger partial charge in [-0.3, -0.25) is 19.3 Å². The van der Waals surface area contributed by atoms with Crippen LogP contribution in [0, 0.1) is 0 Å². The number of carbonyl (C=O) groups excluding carboxylic acids is 3. The van der Waals surface area contributed by atoms with Crippen molar-refractivity contribution in [3.05, 3.63) is 34.9 Å². The zero-order valence-electron chi connectivity index (χ0n) is 16.6. The standard InChI is InChI=1S/C21H27ClN2O5/c1-29-11-5-10-24-19(27)13-21(20(24)28,16-7-2-3-8-17(16)22)12-18(26)23-9-4-6-15(23)14-25/h2-3,7-8,15,25H,4-6,9-14H2,1H3/t15-,21-/m0/s1. The number of amides is 3. The Hall–Kier alpha value is -1.96. The topological polar surface area (TPSA) is 87.2 Å². The number of benzene rings is 1. The van der Waals surface area contributed by atoms with Crippen molar-refractivity contribution in [2.75, 3.05) is 33.4 Å². The fourth-order valence-electron chi connectivity index (χ4n) is 4.40. The smallest absolute Gasteiger partial charge is 0.240 e. The van der Waals surface area contributed by atoms with E-state index in [1.807, 2.05) is 0 Å². The number of aliphatic hydroxyl groups is 1. The maximum atomic E-state index is 13.5. The number of methoxy groups -OCH3 is 1. The summed E-state index contributed by atoms with van der Waals surface area (Å²) in [5.74, 6) is -0.930. The average Bonchev–Trinajstić information content (AvgIpc) is 3.27. The lowest BCUT2D eigenvalue weighted by atomic mass is 9.75. The molecule has 2 aliphatic heterocycles. The van der Waals surface area contributed by atoms with E-state index in [0.717, 1.165) is 12.8 Å². The molecule has 158 valence electrons. The molecule has 8 heteroatoms. The number of hydrogen-bond donors (Lipinski definition) is 1. The van der Waals surface area contributed by atoms with Crippen molar-refractivity contribution >= 4 is 29.3 Å². The number of carbonyl (C=O) groups is 3. The summed E-state index contributed by atoms with van der Waals surface area (Å²) in [6.07, 6.45) is 1.84. The summed E-state index contributed by atoms with van der Waals surface area (Å²) in [5.41, 5.74) is -0.815. The number of nitrogens with zero attached hydrogens (tertiary/aromatic N) is 2. The number of aliphatic hydroxyl groups excluding tert-OH is 1. The maximum absolute atomic E-state index is 13.5. The van der Waals surface area contributed by atoms with Crippen LogP contribution in [0.1, 0.15) is 37.7 Å². The van der Waals surface area contributed by atoms with Crippen molar-refractivity contribution in [3.8, 4) is 0 Å². The average molecular weight is 423 g/mol. The molecule has 2 atom stereocenters. The highest BCUT2D eigenvalue weighted by Gasteiger charge is 2.55. The van der Waals surface area contributed by atoms with Crippen LogP contribution in [0.25, 0.3) is 0 Å². The monoisotopic (exact) mass is 422 g/mol.